The number of hydrazone groups is 1. The number of benzene rings is 1. The topological polar surface area (TPSA) is 97.5 Å². The first-order valence-corrected chi connectivity index (χ1v) is 6.13. The fourth-order valence-electron chi connectivity index (χ4n) is 1.47. The van der Waals surface area contributed by atoms with Gasteiger partial charge in [-0.25, -0.2) is 5.43 Å². The number of nitro groups is 1. The van der Waals surface area contributed by atoms with Crippen LogP contribution in [0.15, 0.2) is 47.8 Å². The number of non-ortho nitro benzene ring substituents is 1. The van der Waals surface area contributed by atoms with Gasteiger partial charge in [-0.3, -0.25) is 19.9 Å². The van der Waals surface area contributed by atoms with Crippen LogP contribution in [0.2, 0.25) is 5.02 Å². The lowest BCUT2D eigenvalue weighted by molar-refractivity contribution is -0.384. The molecular formula is C13H9ClN4O3. The predicted octanol–water partition coefficient (Wildman–Crippen LogP) is 2.41. The number of hydrogen-bond acceptors (Lipinski definition) is 5. The fraction of sp³-hybridized carbons (Fsp3) is 0. The molecule has 1 N–H and O–H groups in total. The highest BCUT2D eigenvalue weighted by Crippen LogP contribution is 2.20. The maximum absolute atomic E-state index is 11.7. The van der Waals surface area contributed by atoms with E-state index in [1.165, 1.54) is 30.6 Å². The third kappa shape index (κ3) is 3.83. The normalized spacial score (nSPS) is 10.5. The second-order valence-electron chi connectivity index (χ2n) is 3.90. The Morgan fingerprint density at radius 3 is 2.90 bits per heavy atom. The molecule has 0 atom stereocenters. The number of carbonyl (C=O) groups is 1. The molecule has 1 amide bonds. The van der Waals surface area contributed by atoms with Crippen LogP contribution in [0.1, 0.15) is 15.9 Å². The van der Waals surface area contributed by atoms with Gasteiger partial charge in [-0.2, -0.15) is 5.10 Å². The summed E-state index contributed by atoms with van der Waals surface area (Å²) in [6.07, 6.45) is 4.18. The third-order valence-electron chi connectivity index (χ3n) is 2.48. The van der Waals surface area contributed by atoms with Gasteiger partial charge in [0.1, 0.15) is 0 Å². The van der Waals surface area contributed by atoms with Crippen LogP contribution < -0.4 is 5.43 Å². The molecule has 0 spiro atoms. The zero-order valence-corrected chi connectivity index (χ0v) is 11.3. The van der Waals surface area contributed by atoms with Gasteiger partial charge in [-0.15, -0.1) is 0 Å². The SMILES string of the molecule is O=C(NN=Cc1cc([N+](=O)[O-])ccc1Cl)c1cccnc1. The third-order valence-corrected chi connectivity index (χ3v) is 2.83. The van der Waals surface area contributed by atoms with Crippen LogP contribution in [0.25, 0.3) is 0 Å². The van der Waals surface area contributed by atoms with Gasteiger partial charge in [0.05, 0.1) is 16.7 Å². The van der Waals surface area contributed by atoms with Crippen LogP contribution in [0.5, 0.6) is 0 Å². The first-order chi connectivity index (χ1) is 10.1. The number of pyridine rings is 1. The van der Waals surface area contributed by atoms with Gasteiger partial charge >= 0.3 is 0 Å². The lowest BCUT2D eigenvalue weighted by atomic mass is 10.2. The summed E-state index contributed by atoms with van der Waals surface area (Å²) >= 11 is 5.90. The molecule has 0 fully saturated rings. The summed E-state index contributed by atoms with van der Waals surface area (Å²) in [6.45, 7) is 0. The van der Waals surface area contributed by atoms with E-state index < -0.39 is 10.8 Å². The Kier molecular flexibility index (Phi) is 4.57. The number of halogens is 1. The highest BCUT2D eigenvalue weighted by Gasteiger charge is 2.08. The van der Waals surface area contributed by atoms with Crippen LogP contribution in [0, 0.1) is 10.1 Å². The van der Waals surface area contributed by atoms with Gasteiger partial charge in [-0.05, 0) is 18.2 Å². The molecule has 0 saturated carbocycles. The lowest BCUT2D eigenvalue weighted by Gasteiger charge is -2.00. The number of nitro benzene ring substituents is 1. The van der Waals surface area contributed by atoms with E-state index in [-0.39, 0.29) is 5.69 Å². The fourth-order valence-corrected chi connectivity index (χ4v) is 1.63. The van der Waals surface area contributed by atoms with Crippen molar-refractivity contribution in [3.05, 3.63) is 69.0 Å². The van der Waals surface area contributed by atoms with Crippen LogP contribution in [-0.4, -0.2) is 22.0 Å². The van der Waals surface area contributed by atoms with Crippen molar-refractivity contribution in [1.82, 2.24) is 10.4 Å². The van der Waals surface area contributed by atoms with Gasteiger partial charge in [0.25, 0.3) is 11.6 Å². The smallest absolute Gasteiger partial charge is 0.267 e. The number of aromatic nitrogens is 1. The van der Waals surface area contributed by atoms with Gasteiger partial charge in [0.15, 0.2) is 0 Å². The standard InChI is InChI=1S/C13H9ClN4O3/c14-12-4-3-11(18(20)21)6-10(12)8-16-17-13(19)9-2-1-5-15-7-9/h1-8H,(H,17,19). The summed E-state index contributed by atoms with van der Waals surface area (Å²) in [5.74, 6) is -0.444. The first-order valence-electron chi connectivity index (χ1n) is 5.75. The van der Waals surface area contributed by atoms with Crippen molar-refractivity contribution in [3.63, 3.8) is 0 Å². The van der Waals surface area contributed by atoms with Gasteiger partial charge in [0.2, 0.25) is 0 Å². The van der Waals surface area contributed by atoms with Gasteiger partial charge in [-0.1, -0.05) is 11.6 Å². The van der Waals surface area contributed by atoms with Gasteiger partial charge in [0, 0.05) is 35.1 Å². The number of rotatable bonds is 4. The quantitative estimate of drug-likeness (QED) is 0.533. The minimum Gasteiger partial charge on any atom is -0.267 e. The molecule has 1 aromatic heterocycles. The van der Waals surface area contributed by atoms with E-state index in [0.717, 1.165) is 0 Å². The van der Waals surface area contributed by atoms with E-state index >= 15 is 0 Å². The summed E-state index contributed by atoms with van der Waals surface area (Å²) in [4.78, 5) is 25.6. The molecule has 21 heavy (non-hydrogen) atoms. The maximum Gasteiger partial charge on any atom is 0.272 e. The number of nitrogens with zero attached hydrogens (tertiary/aromatic N) is 3. The zero-order valence-electron chi connectivity index (χ0n) is 10.6. The van der Waals surface area contributed by atoms with E-state index in [9.17, 15) is 14.9 Å². The first kappa shape index (κ1) is 14.6. The van der Waals surface area contributed by atoms with Crippen molar-refractivity contribution in [3.8, 4) is 0 Å². The molecule has 0 aliphatic heterocycles. The van der Waals surface area contributed by atoms with Crippen LogP contribution >= 0.6 is 11.6 Å². The molecule has 7 nitrogen and oxygen atoms in total. The Labute approximate surface area is 124 Å². The average Bonchev–Trinajstić information content (AvgIpc) is 2.49. The van der Waals surface area contributed by atoms with E-state index in [2.05, 4.69) is 15.5 Å². The van der Waals surface area contributed by atoms with E-state index in [4.69, 9.17) is 11.6 Å². The highest BCUT2D eigenvalue weighted by molar-refractivity contribution is 6.33. The lowest BCUT2D eigenvalue weighted by Crippen LogP contribution is -2.17. The van der Waals surface area contributed by atoms with Crippen molar-refractivity contribution in [1.29, 1.82) is 0 Å². The zero-order chi connectivity index (χ0) is 15.2. The molecule has 0 saturated heterocycles. The molecule has 0 aliphatic rings. The highest BCUT2D eigenvalue weighted by atomic mass is 35.5. The van der Waals surface area contributed by atoms with Crippen molar-refractivity contribution < 1.29 is 9.72 Å². The molecule has 8 heteroatoms. The molecule has 1 aromatic carbocycles. The van der Waals surface area contributed by atoms with Crippen molar-refractivity contribution in [2.24, 2.45) is 5.10 Å². The predicted molar refractivity (Wildman–Crippen MR) is 77.4 cm³/mol. The Bertz CT molecular complexity index is 704. The Hall–Kier alpha value is -2.80. The second-order valence-corrected chi connectivity index (χ2v) is 4.31. The molecule has 2 aromatic rings. The van der Waals surface area contributed by atoms with Crippen LogP contribution in [0.3, 0.4) is 0 Å². The summed E-state index contributed by atoms with van der Waals surface area (Å²) in [5.41, 5.74) is 2.85. The molecular weight excluding hydrogens is 296 g/mol. The Balaban J connectivity index is 2.10. The number of nitrogens with one attached hydrogen (secondary N) is 1. The minimum absolute atomic E-state index is 0.112. The van der Waals surface area contributed by atoms with Crippen LogP contribution in [0.4, 0.5) is 5.69 Å². The van der Waals surface area contributed by atoms with Crippen molar-refractivity contribution in [2.45, 2.75) is 0 Å². The average molecular weight is 305 g/mol. The summed E-state index contributed by atoms with van der Waals surface area (Å²) in [7, 11) is 0. The van der Waals surface area contributed by atoms with E-state index in [1.54, 1.807) is 18.3 Å². The number of amides is 1. The second kappa shape index (κ2) is 6.58. The summed E-state index contributed by atoms with van der Waals surface area (Å²) in [6, 6.07) is 7.15. The Morgan fingerprint density at radius 1 is 1.43 bits per heavy atom. The van der Waals surface area contributed by atoms with Crippen LogP contribution in [-0.2, 0) is 0 Å². The van der Waals surface area contributed by atoms with Crippen molar-refractivity contribution >= 4 is 29.4 Å². The molecule has 106 valence electrons. The summed E-state index contributed by atoms with van der Waals surface area (Å²) in [5, 5.41) is 14.7. The maximum atomic E-state index is 11.7. The largest absolute Gasteiger partial charge is 0.272 e. The molecule has 0 radical (unpaired) electrons. The van der Waals surface area contributed by atoms with Crippen molar-refractivity contribution in [2.75, 3.05) is 0 Å². The Morgan fingerprint density at radius 2 is 2.24 bits per heavy atom. The number of hydrogen-bond donors (Lipinski definition) is 1. The molecule has 0 aliphatic carbocycles. The van der Waals surface area contributed by atoms with E-state index in [1.807, 2.05) is 0 Å². The van der Waals surface area contributed by atoms with E-state index in [0.29, 0.717) is 16.1 Å². The minimum atomic E-state index is -0.540. The molecule has 1 heterocycles. The summed E-state index contributed by atoms with van der Waals surface area (Å²) < 4.78 is 0. The number of carbonyl (C=O) groups excluding carboxylic acids is 1. The monoisotopic (exact) mass is 304 g/mol. The molecule has 2 rings (SSSR count). The van der Waals surface area contributed by atoms with Gasteiger partial charge < -0.3 is 0 Å². The molecule has 0 bridgehead atoms. The molecule has 0 unspecified atom stereocenters.